The number of nitrogens with two attached hydrogens (primary N) is 1. The fourth-order valence-electron chi connectivity index (χ4n) is 1.26. The molecule has 1 rings (SSSR count). The number of halogens is 1. The minimum Gasteiger partial charge on any atom is -0.496 e. The molecule has 1 aromatic rings. The maximum absolute atomic E-state index is 5.99. The molecule has 0 bridgehead atoms. The van der Waals surface area contributed by atoms with E-state index in [-0.39, 0.29) is 6.04 Å². The first-order valence-corrected chi connectivity index (χ1v) is 5.36. The SMILES string of the molecule is CC[C@@H](N)c1c(I)cccc1OC. The van der Waals surface area contributed by atoms with E-state index in [4.69, 9.17) is 10.5 Å². The van der Waals surface area contributed by atoms with Gasteiger partial charge in [0.1, 0.15) is 5.75 Å². The number of hydrogen-bond donors (Lipinski definition) is 1. The van der Waals surface area contributed by atoms with E-state index in [1.807, 2.05) is 18.2 Å². The van der Waals surface area contributed by atoms with E-state index >= 15 is 0 Å². The van der Waals surface area contributed by atoms with Crippen molar-refractivity contribution >= 4 is 22.6 Å². The third kappa shape index (κ3) is 2.34. The van der Waals surface area contributed by atoms with Crippen molar-refractivity contribution in [2.45, 2.75) is 19.4 Å². The van der Waals surface area contributed by atoms with Crippen LogP contribution in [0.15, 0.2) is 18.2 Å². The second-order valence-electron chi connectivity index (χ2n) is 2.87. The summed E-state index contributed by atoms with van der Waals surface area (Å²) >= 11 is 2.29. The van der Waals surface area contributed by atoms with Crippen LogP contribution in [-0.2, 0) is 0 Å². The van der Waals surface area contributed by atoms with Crippen LogP contribution in [0.5, 0.6) is 5.75 Å². The highest BCUT2D eigenvalue weighted by Gasteiger charge is 2.12. The zero-order chi connectivity index (χ0) is 9.84. The number of hydrogen-bond acceptors (Lipinski definition) is 2. The Labute approximate surface area is 92.6 Å². The average Bonchev–Trinajstić information content (AvgIpc) is 2.16. The van der Waals surface area contributed by atoms with E-state index in [0.717, 1.165) is 17.7 Å². The molecule has 1 aromatic carbocycles. The Bertz CT molecular complexity index is 288. The van der Waals surface area contributed by atoms with E-state index in [2.05, 4.69) is 29.5 Å². The number of ether oxygens (including phenoxy) is 1. The molecule has 0 saturated carbocycles. The van der Waals surface area contributed by atoms with Crippen molar-refractivity contribution in [3.05, 3.63) is 27.3 Å². The van der Waals surface area contributed by atoms with Gasteiger partial charge in [-0.25, -0.2) is 0 Å². The van der Waals surface area contributed by atoms with Gasteiger partial charge < -0.3 is 10.5 Å². The van der Waals surface area contributed by atoms with Gasteiger partial charge in [0, 0.05) is 15.2 Å². The van der Waals surface area contributed by atoms with Crippen LogP contribution in [0.2, 0.25) is 0 Å². The second-order valence-corrected chi connectivity index (χ2v) is 4.03. The molecule has 3 heteroatoms. The first-order valence-electron chi connectivity index (χ1n) is 4.28. The van der Waals surface area contributed by atoms with E-state index in [1.165, 1.54) is 3.57 Å². The highest BCUT2D eigenvalue weighted by molar-refractivity contribution is 14.1. The van der Waals surface area contributed by atoms with Gasteiger partial charge >= 0.3 is 0 Å². The van der Waals surface area contributed by atoms with Crippen LogP contribution in [0.4, 0.5) is 0 Å². The van der Waals surface area contributed by atoms with Gasteiger partial charge in [-0.05, 0) is 41.1 Å². The zero-order valence-electron chi connectivity index (χ0n) is 7.88. The number of methoxy groups -OCH3 is 1. The molecule has 0 aliphatic carbocycles. The summed E-state index contributed by atoms with van der Waals surface area (Å²) in [7, 11) is 1.68. The summed E-state index contributed by atoms with van der Waals surface area (Å²) in [5.74, 6) is 0.890. The van der Waals surface area contributed by atoms with Crippen molar-refractivity contribution in [2.75, 3.05) is 7.11 Å². The number of benzene rings is 1. The molecule has 1 atom stereocenters. The van der Waals surface area contributed by atoms with E-state index in [0.29, 0.717) is 0 Å². The Morgan fingerprint density at radius 1 is 1.54 bits per heavy atom. The third-order valence-electron chi connectivity index (χ3n) is 2.04. The minimum absolute atomic E-state index is 0.0723. The Balaban J connectivity index is 3.14. The molecule has 0 fully saturated rings. The molecule has 2 N–H and O–H groups in total. The first kappa shape index (κ1) is 10.8. The average molecular weight is 291 g/mol. The molecule has 2 nitrogen and oxygen atoms in total. The van der Waals surface area contributed by atoms with Crippen LogP contribution in [0, 0.1) is 3.57 Å². The smallest absolute Gasteiger partial charge is 0.124 e. The van der Waals surface area contributed by atoms with Crippen molar-refractivity contribution in [1.82, 2.24) is 0 Å². The molecule has 0 spiro atoms. The fourth-order valence-corrected chi connectivity index (χ4v) is 2.13. The molecule has 13 heavy (non-hydrogen) atoms. The summed E-state index contributed by atoms with van der Waals surface area (Å²) in [6, 6.07) is 6.05. The molecule has 0 unspecified atom stereocenters. The van der Waals surface area contributed by atoms with E-state index in [1.54, 1.807) is 7.11 Å². The minimum atomic E-state index is 0.0723. The lowest BCUT2D eigenvalue weighted by Crippen LogP contribution is -2.11. The monoisotopic (exact) mass is 291 g/mol. The van der Waals surface area contributed by atoms with Crippen molar-refractivity contribution in [1.29, 1.82) is 0 Å². The Morgan fingerprint density at radius 3 is 2.77 bits per heavy atom. The van der Waals surface area contributed by atoms with Crippen LogP contribution in [0.1, 0.15) is 24.9 Å². The topological polar surface area (TPSA) is 35.2 Å². The quantitative estimate of drug-likeness (QED) is 0.869. The van der Waals surface area contributed by atoms with Gasteiger partial charge in [-0.1, -0.05) is 13.0 Å². The van der Waals surface area contributed by atoms with Crippen LogP contribution in [0.25, 0.3) is 0 Å². The molecule has 72 valence electrons. The van der Waals surface area contributed by atoms with Gasteiger partial charge in [0.25, 0.3) is 0 Å². The lowest BCUT2D eigenvalue weighted by atomic mass is 10.0. The van der Waals surface area contributed by atoms with Crippen LogP contribution in [-0.4, -0.2) is 7.11 Å². The molecule has 0 heterocycles. The standard InChI is InChI=1S/C10H14INO/c1-3-8(12)10-7(11)5-4-6-9(10)13-2/h4-6,8H,3,12H2,1-2H3/t8-/m1/s1. The van der Waals surface area contributed by atoms with Crippen LogP contribution < -0.4 is 10.5 Å². The van der Waals surface area contributed by atoms with Gasteiger partial charge in [0.15, 0.2) is 0 Å². The van der Waals surface area contributed by atoms with E-state index in [9.17, 15) is 0 Å². The lowest BCUT2D eigenvalue weighted by Gasteiger charge is -2.15. The summed E-state index contributed by atoms with van der Waals surface area (Å²) < 4.78 is 6.44. The normalized spacial score (nSPS) is 12.6. The summed E-state index contributed by atoms with van der Waals surface area (Å²) in [5, 5.41) is 0. The Morgan fingerprint density at radius 2 is 2.23 bits per heavy atom. The van der Waals surface area contributed by atoms with Crippen molar-refractivity contribution in [3.63, 3.8) is 0 Å². The summed E-state index contributed by atoms with van der Waals surface area (Å²) in [6.07, 6.45) is 0.927. The van der Waals surface area contributed by atoms with Gasteiger partial charge in [-0.2, -0.15) is 0 Å². The maximum Gasteiger partial charge on any atom is 0.124 e. The molecular formula is C10H14INO. The molecule has 0 amide bonds. The Kier molecular flexibility index (Phi) is 3.99. The fraction of sp³-hybridized carbons (Fsp3) is 0.400. The van der Waals surface area contributed by atoms with Gasteiger partial charge in [-0.3, -0.25) is 0 Å². The van der Waals surface area contributed by atoms with Crippen molar-refractivity contribution < 1.29 is 4.74 Å². The summed E-state index contributed by atoms with van der Waals surface area (Å²) in [4.78, 5) is 0. The summed E-state index contributed by atoms with van der Waals surface area (Å²) in [6.45, 7) is 2.08. The largest absolute Gasteiger partial charge is 0.496 e. The molecule has 0 aromatic heterocycles. The Hall–Kier alpha value is -0.290. The first-order chi connectivity index (χ1) is 6.20. The highest BCUT2D eigenvalue weighted by Crippen LogP contribution is 2.29. The van der Waals surface area contributed by atoms with E-state index < -0.39 is 0 Å². The summed E-state index contributed by atoms with van der Waals surface area (Å²) in [5.41, 5.74) is 7.11. The predicted molar refractivity (Wildman–Crippen MR) is 62.9 cm³/mol. The molecule has 0 aliphatic rings. The third-order valence-corrected chi connectivity index (χ3v) is 2.98. The molecular weight excluding hydrogens is 277 g/mol. The molecule has 0 saturated heterocycles. The lowest BCUT2D eigenvalue weighted by molar-refractivity contribution is 0.404. The van der Waals surface area contributed by atoms with Crippen LogP contribution in [0.3, 0.4) is 0 Å². The van der Waals surface area contributed by atoms with Crippen molar-refractivity contribution in [3.8, 4) is 5.75 Å². The number of rotatable bonds is 3. The van der Waals surface area contributed by atoms with Gasteiger partial charge in [0.2, 0.25) is 0 Å². The second kappa shape index (κ2) is 4.81. The maximum atomic E-state index is 5.99. The highest BCUT2D eigenvalue weighted by atomic mass is 127. The molecule has 0 aliphatic heterocycles. The van der Waals surface area contributed by atoms with Gasteiger partial charge in [-0.15, -0.1) is 0 Å². The van der Waals surface area contributed by atoms with Crippen LogP contribution >= 0.6 is 22.6 Å². The zero-order valence-corrected chi connectivity index (χ0v) is 10.0. The van der Waals surface area contributed by atoms with Gasteiger partial charge in [0.05, 0.1) is 7.11 Å². The predicted octanol–water partition coefficient (Wildman–Crippen LogP) is 2.71. The van der Waals surface area contributed by atoms with Crippen molar-refractivity contribution in [2.24, 2.45) is 5.73 Å². The molecule has 0 radical (unpaired) electrons.